The van der Waals surface area contributed by atoms with Gasteiger partial charge in [0.2, 0.25) is 11.8 Å². The summed E-state index contributed by atoms with van der Waals surface area (Å²) in [7, 11) is 0. The predicted octanol–water partition coefficient (Wildman–Crippen LogP) is 3.11. The largest absolute Gasteiger partial charge is 0.328 e. The number of urea groups is 1. The summed E-state index contributed by atoms with van der Waals surface area (Å²) in [4.78, 5) is 35.5. The Morgan fingerprint density at radius 2 is 1.27 bits per heavy atom. The SMILES string of the molecule is O=C1NC(=O)C(Cc2ccc3ccc4cccc5ccc2c3c45)C(=O)N1. The van der Waals surface area contributed by atoms with Crippen molar-refractivity contribution < 1.29 is 14.4 Å². The van der Waals surface area contributed by atoms with Crippen molar-refractivity contribution in [3.8, 4) is 0 Å². The maximum Gasteiger partial charge on any atom is 0.328 e. The van der Waals surface area contributed by atoms with Crippen LogP contribution in [-0.4, -0.2) is 17.8 Å². The average Bonchev–Trinajstić information content (AvgIpc) is 2.63. The molecular formula is C21H14N2O3. The first-order valence-electron chi connectivity index (χ1n) is 8.43. The highest BCUT2D eigenvalue weighted by Crippen LogP contribution is 2.36. The van der Waals surface area contributed by atoms with Crippen LogP contribution in [0.4, 0.5) is 4.79 Å². The maximum absolute atomic E-state index is 12.1. The molecule has 0 spiro atoms. The minimum Gasteiger partial charge on any atom is -0.277 e. The first-order valence-corrected chi connectivity index (χ1v) is 8.43. The third-order valence-corrected chi connectivity index (χ3v) is 5.15. The van der Waals surface area contributed by atoms with Crippen molar-refractivity contribution in [1.82, 2.24) is 10.6 Å². The summed E-state index contributed by atoms with van der Waals surface area (Å²) >= 11 is 0. The lowest BCUT2D eigenvalue weighted by molar-refractivity contribution is -0.135. The van der Waals surface area contributed by atoms with Crippen LogP contribution in [0.5, 0.6) is 0 Å². The van der Waals surface area contributed by atoms with Gasteiger partial charge in [-0.25, -0.2) is 4.79 Å². The molecule has 0 bridgehead atoms. The number of rotatable bonds is 2. The third kappa shape index (κ3) is 2.07. The van der Waals surface area contributed by atoms with Crippen LogP contribution >= 0.6 is 0 Å². The van der Waals surface area contributed by atoms with E-state index in [0.29, 0.717) is 0 Å². The fourth-order valence-electron chi connectivity index (χ4n) is 3.93. The second-order valence-corrected chi connectivity index (χ2v) is 6.65. The Morgan fingerprint density at radius 1 is 0.692 bits per heavy atom. The summed E-state index contributed by atoms with van der Waals surface area (Å²) in [5.41, 5.74) is 0.917. The number of nitrogens with one attached hydrogen (secondary N) is 2. The Kier molecular flexibility index (Phi) is 3.00. The van der Waals surface area contributed by atoms with E-state index >= 15 is 0 Å². The van der Waals surface area contributed by atoms with Crippen LogP contribution in [0.1, 0.15) is 5.56 Å². The zero-order valence-corrected chi connectivity index (χ0v) is 13.7. The van der Waals surface area contributed by atoms with Gasteiger partial charge in [0.1, 0.15) is 5.92 Å². The van der Waals surface area contributed by atoms with E-state index in [0.717, 1.165) is 32.5 Å². The lowest BCUT2D eigenvalue weighted by atomic mass is 9.88. The second-order valence-electron chi connectivity index (χ2n) is 6.65. The molecule has 1 saturated heterocycles. The number of amides is 4. The first kappa shape index (κ1) is 14.8. The highest BCUT2D eigenvalue weighted by Gasteiger charge is 2.34. The molecule has 1 aliphatic rings. The minimum atomic E-state index is -0.911. The van der Waals surface area contributed by atoms with Crippen LogP contribution in [0, 0.1) is 5.92 Å². The Bertz CT molecular complexity index is 1190. The van der Waals surface area contributed by atoms with Crippen molar-refractivity contribution in [2.45, 2.75) is 6.42 Å². The Hall–Kier alpha value is -3.47. The molecule has 0 unspecified atom stereocenters. The van der Waals surface area contributed by atoms with Gasteiger partial charge in [-0.05, 0) is 44.3 Å². The Balaban J connectivity index is 1.70. The van der Waals surface area contributed by atoms with Gasteiger partial charge in [-0.1, -0.05) is 54.6 Å². The molecule has 0 aromatic heterocycles. The van der Waals surface area contributed by atoms with Gasteiger partial charge >= 0.3 is 6.03 Å². The van der Waals surface area contributed by atoms with Crippen LogP contribution < -0.4 is 10.6 Å². The standard InChI is InChI=1S/C21H14N2O3/c24-19-16(20(25)23-21(26)22-19)10-14-7-6-13-5-4-11-2-1-3-12-8-9-15(14)18(13)17(11)12/h1-9,16H,10H2,(H2,22,23,24,25,26). The van der Waals surface area contributed by atoms with Gasteiger partial charge in [0.05, 0.1) is 0 Å². The van der Waals surface area contributed by atoms with E-state index in [1.165, 1.54) is 5.39 Å². The molecule has 2 N–H and O–H groups in total. The van der Waals surface area contributed by atoms with Crippen molar-refractivity contribution in [1.29, 1.82) is 0 Å². The molecule has 0 atom stereocenters. The number of hydrogen-bond donors (Lipinski definition) is 2. The number of barbiturate groups is 1. The van der Waals surface area contributed by atoms with Gasteiger partial charge in [-0.2, -0.15) is 0 Å². The van der Waals surface area contributed by atoms with E-state index < -0.39 is 23.8 Å². The topological polar surface area (TPSA) is 75.3 Å². The molecule has 4 amide bonds. The highest BCUT2D eigenvalue weighted by molar-refractivity contribution is 6.23. The molecule has 5 heteroatoms. The van der Waals surface area contributed by atoms with E-state index in [1.807, 2.05) is 24.3 Å². The minimum absolute atomic E-state index is 0.249. The van der Waals surface area contributed by atoms with Crippen LogP contribution in [0.25, 0.3) is 32.3 Å². The molecule has 0 aliphatic carbocycles. The van der Waals surface area contributed by atoms with Crippen LogP contribution in [0.2, 0.25) is 0 Å². The van der Waals surface area contributed by atoms with Crippen molar-refractivity contribution >= 4 is 50.2 Å². The molecule has 0 radical (unpaired) electrons. The third-order valence-electron chi connectivity index (χ3n) is 5.15. The van der Waals surface area contributed by atoms with Gasteiger partial charge in [-0.15, -0.1) is 0 Å². The summed E-state index contributed by atoms with van der Waals surface area (Å²) in [5.74, 6) is -2.01. The Labute approximate surface area is 148 Å². The van der Waals surface area contributed by atoms with Gasteiger partial charge in [-0.3, -0.25) is 20.2 Å². The van der Waals surface area contributed by atoms with Gasteiger partial charge < -0.3 is 0 Å². The zero-order chi connectivity index (χ0) is 17.8. The lowest BCUT2D eigenvalue weighted by Gasteiger charge is -2.21. The fourth-order valence-corrected chi connectivity index (χ4v) is 3.93. The smallest absolute Gasteiger partial charge is 0.277 e. The van der Waals surface area contributed by atoms with E-state index in [-0.39, 0.29) is 6.42 Å². The fraction of sp³-hybridized carbons (Fsp3) is 0.0952. The van der Waals surface area contributed by atoms with Crippen LogP contribution in [0.3, 0.4) is 0 Å². The van der Waals surface area contributed by atoms with Gasteiger partial charge in [0, 0.05) is 0 Å². The molecular weight excluding hydrogens is 328 g/mol. The molecule has 5 rings (SSSR count). The van der Waals surface area contributed by atoms with Crippen molar-refractivity contribution in [3.63, 3.8) is 0 Å². The molecule has 26 heavy (non-hydrogen) atoms. The van der Waals surface area contributed by atoms with Crippen LogP contribution in [-0.2, 0) is 16.0 Å². The molecule has 126 valence electrons. The summed E-state index contributed by atoms with van der Waals surface area (Å²) < 4.78 is 0. The number of hydrogen-bond acceptors (Lipinski definition) is 3. The lowest BCUT2D eigenvalue weighted by Crippen LogP contribution is -2.56. The normalized spacial score (nSPS) is 15.8. The van der Waals surface area contributed by atoms with E-state index in [2.05, 4.69) is 41.0 Å². The summed E-state index contributed by atoms with van der Waals surface area (Å²) in [6.45, 7) is 0. The molecule has 1 heterocycles. The van der Waals surface area contributed by atoms with E-state index in [4.69, 9.17) is 0 Å². The Morgan fingerprint density at radius 3 is 1.96 bits per heavy atom. The van der Waals surface area contributed by atoms with E-state index in [1.54, 1.807) is 0 Å². The van der Waals surface area contributed by atoms with Crippen LogP contribution in [0.15, 0.2) is 54.6 Å². The number of benzene rings is 4. The number of carbonyl (C=O) groups is 3. The molecule has 5 nitrogen and oxygen atoms in total. The number of carbonyl (C=O) groups excluding carboxylic acids is 3. The number of imide groups is 2. The quantitative estimate of drug-likeness (QED) is 0.434. The summed E-state index contributed by atoms with van der Waals surface area (Å²) in [6.07, 6.45) is 0.249. The molecule has 1 fully saturated rings. The van der Waals surface area contributed by atoms with Crippen molar-refractivity contribution in [3.05, 3.63) is 60.2 Å². The molecule has 1 aliphatic heterocycles. The molecule has 4 aromatic carbocycles. The van der Waals surface area contributed by atoms with Crippen molar-refractivity contribution in [2.24, 2.45) is 5.92 Å². The van der Waals surface area contributed by atoms with E-state index in [9.17, 15) is 14.4 Å². The molecule has 0 saturated carbocycles. The van der Waals surface area contributed by atoms with Crippen molar-refractivity contribution in [2.75, 3.05) is 0 Å². The predicted molar refractivity (Wildman–Crippen MR) is 99.0 cm³/mol. The maximum atomic E-state index is 12.1. The monoisotopic (exact) mass is 342 g/mol. The first-order chi connectivity index (χ1) is 12.6. The summed E-state index contributed by atoms with van der Waals surface area (Å²) in [6, 6.07) is 17.7. The molecule has 4 aromatic rings. The second kappa shape index (κ2) is 5.26. The van der Waals surface area contributed by atoms with Gasteiger partial charge in [0.25, 0.3) is 0 Å². The highest BCUT2D eigenvalue weighted by atomic mass is 16.2. The average molecular weight is 342 g/mol. The van der Waals surface area contributed by atoms with Gasteiger partial charge in [0.15, 0.2) is 0 Å². The zero-order valence-electron chi connectivity index (χ0n) is 13.7. The summed E-state index contributed by atoms with van der Waals surface area (Å²) in [5, 5.41) is 11.2.